The maximum atomic E-state index is 13.0. The van der Waals surface area contributed by atoms with Crippen LogP contribution in [0.3, 0.4) is 0 Å². The fraction of sp³-hybridized carbons (Fsp3) is 0.538. The Hall–Kier alpha value is -0.980. The highest BCUT2D eigenvalue weighted by Crippen LogP contribution is 2.41. The molecule has 3 nitrogen and oxygen atoms in total. The lowest BCUT2D eigenvalue weighted by Crippen LogP contribution is -2.42. The number of alkyl halides is 3. The zero-order chi connectivity index (χ0) is 14.8. The van der Waals surface area contributed by atoms with E-state index in [-0.39, 0.29) is 10.8 Å². The summed E-state index contributed by atoms with van der Waals surface area (Å²) in [7, 11) is 1.19. The summed E-state index contributed by atoms with van der Waals surface area (Å²) in [4.78, 5) is 2.09. The first-order valence-electron chi connectivity index (χ1n) is 6.28. The van der Waals surface area contributed by atoms with Crippen LogP contribution < -0.4 is 10.1 Å². The number of nitrogens with one attached hydrogen (secondary N) is 1. The van der Waals surface area contributed by atoms with Crippen molar-refractivity contribution in [2.24, 2.45) is 0 Å². The molecule has 0 aliphatic carbocycles. The van der Waals surface area contributed by atoms with Gasteiger partial charge in [-0.05, 0) is 17.7 Å². The van der Waals surface area contributed by atoms with Crippen molar-refractivity contribution in [3.05, 3.63) is 28.3 Å². The predicted octanol–water partition coefficient (Wildman–Crippen LogP) is 2.77. The number of hydrogen-bond donors (Lipinski definition) is 1. The van der Waals surface area contributed by atoms with Crippen molar-refractivity contribution in [1.29, 1.82) is 0 Å². The molecule has 1 N–H and O–H groups in total. The summed E-state index contributed by atoms with van der Waals surface area (Å²) in [6, 6.07) is 2.66. The molecule has 2 rings (SSSR count). The summed E-state index contributed by atoms with van der Waals surface area (Å²) in [5.41, 5.74) is -0.275. The summed E-state index contributed by atoms with van der Waals surface area (Å²) in [5.74, 6) is -0.316. The molecule has 1 aliphatic heterocycles. The van der Waals surface area contributed by atoms with Gasteiger partial charge in [-0.25, -0.2) is 0 Å². The van der Waals surface area contributed by atoms with Crippen molar-refractivity contribution in [3.8, 4) is 5.75 Å². The van der Waals surface area contributed by atoms with Crippen LogP contribution in [0.15, 0.2) is 12.1 Å². The molecule has 1 aromatic carbocycles. The second kappa shape index (κ2) is 6.20. The summed E-state index contributed by atoms with van der Waals surface area (Å²) >= 11 is 5.90. The lowest BCUT2D eigenvalue weighted by atomic mass is 10.1. The fourth-order valence-electron chi connectivity index (χ4n) is 2.29. The fourth-order valence-corrected chi connectivity index (χ4v) is 2.61. The largest absolute Gasteiger partial charge is 0.495 e. The van der Waals surface area contributed by atoms with E-state index in [1.165, 1.54) is 13.2 Å². The molecule has 7 heteroatoms. The van der Waals surface area contributed by atoms with Crippen molar-refractivity contribution in [3.63, 3.8) is 0 Å². The maximum Gasteiger partial charge on any atom is 0.420 e. The molecule has 0 atom stereocenters. The Morgan fingerprint density at radius 1 is 1.30 bits per heavy atom. The minimum atomic E-state index is -4.48. The summed E-state index contributed by atoms with van der Waals surface area (Å²) in [6.45, 7) is 3.76. The van der Waals surface area contributed by atoms with Crippen LogP contribution >= 0.6 is 11.6 Å². The zero-order valence-electron chi connectivity index (χ0n) is 11.1. The minimum Gasteiger partial charge on any atom is -0.495 e. The van der Waals surface area contributed by atoms with Gasteiger partial charge in [0.05, 0.1) is 17.7 Å². The second-order valence-electron chi connectivity index (χ2n) is 4.68. The van der Waals surface area contributed by atoms with Gasteiger partial charge in [-0.3, -0.25) is 4.90 Å². The molecule has 0 bridgehead atoms. The van der Waals surface area contributed by atoms with Gasteiger partial charge in [0.15, 0.2) is 0 Å². The highest BCUT2D eigenvalue weighted by molar-refractivity contribution is 6.32. The Labute approximate surface area is 120 Å². The third-order valence-corrected chi connectivity index (χ3v) is 3.51. The molecule has 1 aromatic rings. The molecule has 0 unspecified atom stereocenters. The number of hydrogen-bond acceptors (Lipinski definition) is 3. The third-order valence-electron chi connectivity index (χ3n) is 3.23. The number of rotatable bonds is 3. The molecule has 0 amide bonds. The van der Waals surface area contributed by atoms with E-state index in [1.54, 1.807) is 0 Å². The first-order valence-corrected chi connectivity index (χ1v) is 6.66. The van der Waals surface area contributed by atoms with Gasteiger partial charge >= 0.3 is 6.18 Å². The van der Waals surface area contributed by atoms with Gasteiger partial charge in [-0.15, -0.1) is 0 Å². The molecule has 0 aromatic heterocycles. The number of benzene rings is 1. The molecule has 1 fully saturated rings. The lowest BCUT2D eigenvalue weighted by Gasteiger charge is -2.27. The highest BCUT2D eigenvalue weighted by Gasteiger charge is 2.36. The van der Waals surface area contributed by atoms with E-state index in [0.717, 1.165) is 32.2 Å². The van der Waals surface area contributed by atoms with Crippen molar-refractivity contribution < 1.29 is 17.9 Å². The lowest BCUT2D eigenvalue weighted by molar-refractivity contribution is -0.138. The Morgan fingerprint density at radius 2 is 1.95 bits per heavy atom. The van der Waals surface area contributed by atoms with Crippen molar-refractivity contribution in [2.75, 3.05) is 33.3 Å². The third kappa shape index (κ3) is 3.56. The molecule has 1 heterocycles. The Kier molecular flexibility index (Phi) is 4.78. The van der Waals surface area contributed by atoms with E-state index in [4.69, 9.17) is 16.3 Å². The molecule has 0 spiro atoms. The molecule has 112 valence electrons. The van der Waals surface area contributed by atoms with E-state index in [2.05, 4.69) is 10.2 Å². The summed E-state index contributed by atoms with van der Waals surface area (Å²) in [5, 5.41) is 3.19. The number of halogens is 4. The Morgan fingerprint density at radius 3 is 2.50 bits per heavy atom. The van der Waals surface area contributed by atoms with Crippen LogP contribution in [-0.2, 0) is 12.7 Å². The van der Waals surface area contributed by atoms with Gasteiger partial charge in [0, 0.05) is 32.7 Å². The van der Waals surface area contributed by atoms with Crippen molar-refractivity contribution in [1.82, 2.24) is 10.2 Å². The highest BCUT2D eigenvalue weighted by atomic mass is 35.5. The van der Waals surface area contributed by atoms with Gasteiger partial charge in [0.25, 0.3) is 0 Å². The van der Waals surface area contributed by atoms with E-state index >= 15 is 0 Å². The van der Waals surface area contributed by atoms with Crippen LogP contribution in [0.25, 0.3) is 0 Å². The smallest absolute Gasteiger partial charge is 0.420 e. The standard InChI is InChI=1S/C13H16ClF3N2O/c1-20-12-10(13(15,16)17)6-9(7-11(12)14)8-19-4-2-18-3-5-19/h6-7,18H,2-5,8H2,1H3. The topological polar surface area (TPSA) is 24.5 Å². The quantitative estimate of drug-likeness (QED) is 0.929. The van der Waals surface area contributed by atoms with Crippen LogP contribution in [0.1, 0.15) is 11.1 Å². The van der Waals surface area contributed by atoms with E-state index in [0.29, 0.717) is 12.1 Å². The molecular formula is C13H16ClF3N2O. The van der Waals surface area contributed by atoms with E-state index < -0.39 is 11.7 Å². The van der Waals surface area contributed by atoms with Crippen molar-refractivity contribution in [2.45, 2.75) is 12.7 Å². The molecule has 20 heavy (non-hydrogen) atoms. The normalized spacial score (nSPS) is 17.2. The summed E-state index contributed by atoms with van der Waals surface area (Å²) < 4.78 is 43.8. The second-order valence-corrected chi connectivity index (χ2v) is 5.09. The average Bonchev–Trinajstić information content (AvgIpc) is 2.38. The van der Waals surface area contributed by atoms with Gasteiger partial charge in [-0.1, -0.05) is 11.6 Å². The van der Waals surface area contributed by atoms with Crippen molar-refractivity contribution >= 4 is 11.6 Å². The monoisotopic (exact) mass is 308 g/mol. The zero-order valence-corrected chi connectivity index (χ0v) is 11.8. The SMILES string of the molecule is COc1c(Cl)cc(CN2CCNCC2)cc1C(F)(F)F. The van der Waals surface area contributed by atoms with Gasteiger partial charge < -0.3 is 10.1 Å². The number of nitrogens with zero attached hydrogens (tertiary/aromatic N) is 1. The first kappa shape index (κ1) is 15.4. The molecule has 0 radical (unpaired) electrons. The van der Waals surface area contributed by atoms with Crippen LogP contribution in [0.4, 0.5) is 13.2 Å². The van der Waals surface area contributed by atoms with Gasteiger partial charge in [-0.2, -0.15) is 13.2 Å². The average molecular weight is 309 g/mol. The number of ether oxygens (including phenoxy) is 1. The van der Waals surface area contributed by atoms with E-state index in [9.17, 15) is 13.2 Å². The van der Waals surface area contributed by atoms with Crippen LogP contribution in [0.5, 0.6) is 5.75 Å². The Bertz CT molecular complexity index is 473. The molecule has 1 saturated heterocycles. The molecule has 0 saturated carbocycles. The molecule has 1 aliphatic rings. The molecular weight excluding hydrogens is 293 g/mol. The first-order chi connectivity index (χ1) is 9.41. The Balaban J connectivity index is 2.28. The predicted molar refractivity (Wildman–Crippen MR) is 71.2 cm³/mol. The summed E-state index contributed by atoms with van der Waals surface area (Å²) in [6.07, 6.45) is -4.48. The minimum absolute atomic E-state index is 0.00698. The van der Waals surface area contributed by atoms with Crippen LogP contribution in [0, 0.1) is 0 Å². The number of piperazine rings is 1. The van der Waals surface area contributed by atoms with Crippen LogP contribution in [-0.4, -0.2) is 38.2 Å². The van der Waals surface area contributed by atoms with Crippen LogP contribution in [0.2, 0.25) is 5.02 Å². The van der Waals surface area contributed by atoms with Gasteiger partial charge in [0.1, 0.15) is 5.75 Å². The number of methoxy groups -OCH3 is 1. The van der Waals surface area contributed by atoms with E-state index in [1.807, 2.05) is 0 Å². The van der Waals surface area contributed by atoms with Gasteiger partial charge in [0.2, 0.25) is 0 Å². The maximum absolute atomic E-state index is 13.0.